The molecule has 0 saturated heterocycles. The van der Waals surface area contributed by atoms with Gasteiger partial charge in [0.1, 0.15) is 5.75 Å². The first-order chi connectivity index (χ1) is 9.02. The van der Waals surface area contributed by atoms with Crippen molar-refractivity contribution in [3.63, 3.8) is 0 Å². The maximum Gasteiger partial charge on any atom is 0.299 e. The van der Waals surface area contributed by atoms with E-state index in [9.17, 15) is 8.42 Å². The predicted octanol–water partition coefficient (Wildman–Crippen LogP) is 0.460. The zero-order chi connectivity index (χ0) is 14.3. The molecule has 7 nitrogen and oxygen atoms in total. The van der Waals surface area contributed by atoms with E-state index in [0.717, 1.165) is 0 Å². The Bertz CT molecular complexity index is 566. The van der Waals surface area contributed by atoms with Crippen molar-refractivity contribution < 1.29 is 17.9 Å². The van der Waals surface area contributed by atoms with Gasteiger partial charge in [0.2, 0.25) is 0 Å². The number of ether oxygens (including phenoxy) is 2. The summed E-state index contributed by atoms with van der Waals surface area (Å²) in [5, 5.41) is 8.75. The lowest BCUT2D eigenvalue weighted by molar-refractivity contribution is 0.204. The number of hydrogen-bond acceptors (Lipinski definition) is 5. The molecular weight excluding hydrogens is 270 g/mol. The van der Waals surface area contributed by atoms with Gasteiger partial charge < -0.3 is 9.47 Å². The second-order valence-electron chi connectivity index (χ2n) is 3.52. The highest BCUT2D eigenvalue weighted by Gasteiger charge is 2.13. The molecule has 0 aliphatic carbocycles. The molecule has 0 amide bonds. The third-order valence-corrected chi connectivity index (χ3v) is 3.25. The lowest BCUT2D eigenvalue weighted by Gasteiger charge is -2.12. The fraction of sp³-hybridized carbons (Fsp3) is 0.364. The van der Waals surface area contributed by atoms with Crippen LogP contribution in [0.2, 0.25) is 0 Å². The van der Waals surface area contributed by atoms with Crippen molar-refractivity contribution in [2.75, 3.05) is 32.1 Å². The van der Waals surface area contributed by atoms with E-state index in [1.54, 1.807) is 0 Å². The summed E-state index contributed by atoms with van der Waals surface area (Å²) in [5.41, 5.74) is 0.638. The normalized spacial score (nSPS) is 10.8. The minimum Gasteiger partial charge on any atom is -0.495 e. The van der Waals surface area contributed by atoms with E-state index in [-0.39, 0.29) is 24.6 Å². The molecule has 0 saturated carbocycles. The molecule has 0 fully saturated rings. The Balaban J connectivity index is 2.84. The minimum atomic E-state index is -3.70. The fourth-order valence-corrected chi connectivity index (χ4v) is 2.19. The van der Waals surface area contributed by atoms with Gasteiger partial charge in [-0.2, -0.15) is 18.4 Å². The highest BCUT2D eigenvalue weighted by molar-refractivity contribution is 7.90. The molecule has 0 aliphatic heterocycles. The van der Waals surface area contributed by atoms with Crippen LogP contribution in [-0.4, -0.2) is 35.8 Å². The molecule has 0 spiro atoms. The van der Waals surface area contributed by atoms with Crippen molar-refractivity contribution in [3.05, 3.63) is 23.8 Å². The molecule has 0 aromatic heterocycles. The van der Waals surface area contributed by atoms with Gasteiger partial charge in [-0.1, -0.05) is 0 Å². The Morgan fingerprint density at radius 2 is 2.11 bits per heavy atom. The monoisotopic (exact) mass is 285 g/mol. The second kappa shape index (κ2) is 6.94. The summed E-state index contributed by atoms with van der Waals surface area (Å²) < 4.78 is 37.8. The Labute approximate surface area is 112 Å². The second-order valence-corrected chi connectivity index (χ2v) is 5.02. The van der Waals surface area contributed by atoms with Crippen molar-refractivity contribution >= 4 is 15.9 Å². The minimum absolute atomic E-state index is 0.157. The molecule has 1 aromatic carbocycles. The molecule has 1 rings (SSSR count). The number of nitriles is 1. The number of rotatable bonds is 7. The lowest BCUT2D eigenvalue weighted by Crippen LogP contribution is -2.32. The van der Waals surface area contributed by atoms with E-state index in [2.05, 4.69) is 9.44 Å². The fourth-order valence-electron chi connectivity index (χ4n) is 1.30. The summed E-state index contributed by atoms with van der Waals surface area (Å²) in [6, 6.07) is 6.36. The van der Waals surface area contributed by atoms with Crippen LogP contribution >= 0.6 is 0 Å². The molecule has 0 bridgehead atoms. The highest BCUT2D eigenvalue weighted by atomic mass is 32.2. The molecule has 0 heterocycles. The summed E-state index contributed by atoms with van der Waals surface area (Å²) in [7, 11) is -0.829. The quantitative estimate of drug-likeness (QED) is 0.709. The summed E-state index contributed by atoms with van der Waals surface area (Å²) >= 11 is 0. The van der Waals surface area contributed by atoms with Crippen LogP contribution in [0.1, 0.15) is 5.56 Å². The molecule has 104 valence electrons. The van der Waals surface area contributed by atoms with E-state index in [1.165, 1.54) is 32.4 Å². The van der Waals surface area contributed by atoms with Crippen molar-refractivity contribution in [1.82, 2.24) is 4.72 Å². The third kappa shape index (κ3) is 4.75. The zero-order valence-corrected chi connectivity index (χ0v) is 11.5. The van der Waals surface area contributed by atoms with Crippen LogP contribution in [0.3, 0.4) is 0 Å². The summed E-state index contributed by atoms with van der Waals surface area (Å²) in [6.45, 7) is 0.426. The van der Waals surface area contributed by atoms with Gasteiger partial charge in [0, 0.05) is 19.7 Å². The van der Waals surface area contributed by atoms with Crippen molar-refractivity contribution in [3.8, 4) is 11.8 Å². The molecule has 8 heteroatoms. The van der Waals surface area contributed by atoms with Crippen molar-refractivity contribution in [2.45, 2.75) is 0 Å². The average molecular weight is 285 g/mol. The van der Waals surface area contributed by atoms with Gasteiger partial charge in [-0.3, -0.25) is 4.72 Å². The number of benzene rings is 1. The van der Waals surface area contributed by atoms with E-state index < -0.39 is 10.2 Å². The average Bonchev–Trinajstić information content (AvgIpc) is 2.39. The van der Waals surface area contributed by atoms with Gasteiger partial charge in [0.15, 0.2) is 0 Å². The zero-order valence-electron chi connectivity index (χ0n) is 10.6. The summed E-state index contributed by atoms with van der Waals surface area (Å²) in [5.74, 6) is 0.274. The van der Waals surface area contributed by atoms with E-state index >= 15 is 0 Å². The maximum absolute atomic E-state index is 11.7. The summed E-state index contributed by atoms with van der Waals surface area (Å²) in [6.07, 6.45) is 0. The molecule has 2 N–H and O–H groups in total. The molecule has 1 aromatic rings. The van der Waals surface area contributed by atoms with E-state index in [1.807, 2.05) is 6.07 Å². The summed E-state index contributed by atoms with van der Waals surface area (Å²) in [4.78, 5) is 0. The number of methoxy groups -OCH3 is 2. The van der Waals surface area contributed by atoms with Gasteiger partial charge in [-0.05, 0) is 12.1 Å². The first-order valence-electron chi connectivity index (χ1n) is 5.37. The lowest BCUT2D eigenvalue weighted by atomic mass is 10.2. The maximum atomic E-state index is 11.7. The van der Waals surface area contributed by atoms with Gasteiger partial charge in [-0.25, -0.2) is 0 Å². The SMILES string of the molecule is COCCNS(=O)(=O)Nc1ccc(C#N)cc1OC. The number of nitrogens with one attached hydrogen (secondary N) is 2. The third-order valence-electron chi connectivity index (χ3n) is 2.17. The van der Waals surface area contributed by atoms with E-state index in [0.29, 0.717) is 5.56 Å². The molecule has 0 unspecified atom stereocenters. The van der Waals surface area contributed by atoms with Crippen molar-refractivity contribution in [2.24, 2.45) is 0 Å². The Kier molecular flexibility index (Phi) is 5.57. The van der Waals surface area contributed by atoms with Gasteiger partial charge in [-0.15, -0.1) is 0 Å². The first-order valence-corrected chi connectivity index (χ1v) is 6.85. The Morgan fingerprint density at radius 3 is 2.68 bits per heavy atom. The molecule has 0 aliphatic rings. The van der Waals surface area contributed by atoms with Gasteiger partial charge >= 0.3 is 0 Å². The Hall–Kier alpha value is -1.82. The first kappa shape index (κ1) is 15.2. The van der Waals surface area contributed by atoms with Crippen LogP contribution in [0.25, 0.3) is 0 Å². The number of nitrogens with zero attached hydrogens (tertiary/aromatic N) is 1. The number of anilines is 1. The molecule has 0 atom stereocenters. The largest absolute Gasteiger partial charge is 0.495 e. The predicted molar refractivity (Wildman–Crippen MR) is 70.1 cm³/mol. The standard InChI is InChI=1S/C11H15N3O4S/c1-17-6-5-13-19(15,16)14-10-4-3-9(8-12)7-11(10)18-2/h3-4,7,13-14H,5-6H2,1-2H3. The Morgan fingerprint density at radius 1 is 1.37 bits per heavy atom. The van der Waals surface area contributed by atoms with E-state index in [4.69, 9.17) is 14.7 Å². The number of hydrogen-bond donors (Lipinski definition) is 2. The highest BCUT2D eigenvalue weighted by Crippen LogP contribution is 2.25. The topological polar surface area (TPSA) is 100 Å². The van der Waals surface area contributed by atoms with Crippen LogP contribution < -0.4 is 14.2 Å². The van der Waals surface area contributed by atoms with Crippen LogP contribution in [0, 0.1) is 11.3 Å². The van der Waals surface area contributed by atoms with Crippen LogP contribution in [0.5, 0.6) is 5.75 Å². The van der Waals surface area contributed by atoms with Crippen LogP contribution in [0.15, 0.2) is 18.2 Å². The smallest absolute Gasteiger partial charge is 0.299 e. The van der Waals surface area contributed by atoms with Crippen LogP contribution in [-0.2, 0) is 14.9 Å². The van der Waals surface area contributed by atoms with Gasteiger partial charge in [0.05, 0.1) is 31.0 Å². The van der Waals surface area contributed by atoms with Crippen LogP contribution in [0.4, 0.5) is 5.69 Å². The molecular formula is C11H15N3O4S. The molecule has 19 heavy (non-hydrogen) atoms. The van der Waals surface area contributed by atoms with Crippen molar-refractivity contribution in [1.29, 1.82) is 5.26 Å². The van der Waals surface area contributed by atoms with Gasteiger partial charge in [0.25, 0.3) is 10.2 Å². The molecule has 0 radical (unpaired) electrons.